The average Bonchev–Trinajstić information content (AvgIpc) is 2.92. The molecule has 1 saturated heterocycles. The van der Waals surface area contributed by atoms with E-state index in [1.54, 1.807) is 52.0 Å². The van der Waals surface area contributed by atoms with Gasteiger partial charge in [0.05, 0.1) is 24.2 Å². The van der Waals surface area contributed by atoms with Crippen LogP contribution in [0.5, 0.6) is 5.75 Å². The number of pyridine rings is 1. The third kappa shape index (κ3) is 9.17. The number of aromatic nitrogens is 1. The highest BCUT2D eigenvalue weighted by Gasteiger charge is 2.37. The van der Waals surface area contributed by atoms with Crippen LogP contribution in [-0.2, 0) is 26.0 Å². The Labute approximate surface area is 265 Å². The third-order valence-corrected chi connectivity index (χ3v) is 8.35. The first-order valence-electron chi connectivity index (χ1n) is 15.1. The van der Waals surface area contributed by atoms with E-state index in [1.807, 2.05) is 12.1 Å². The molecule has 0 spiro atoms. The molecule has 244 valence electrons. The molecule has 0 radical (unpaired) electrons. The van der Waals surface area contributed by atoms with Gasteiger partial charge in [-0.15, -0.1) is 0 Å². The molecule has 0 aliphatic carbocycles. The van der Waals surface area contributed by atoms with Crippen LogP contribution in [0, 0.1) is 18.2 Å². The minimum absolute atomic E-state index is 0.105. The summed E-state index contributed by atoms with van der Waals surface area (Å²) in [7, 11) is -3.74. The van der Waals surface area contributed by atoms with E-state index >= 15 is 0 Å². The third-order valence-electron chi connectivity index (χ3n) is 7.79. The number of hydrogen-bond acceptors (Lipinski definition) is 7. The first kappa shape index (κ1) is 34.2. The number of anilines is 2. The van der Waals surface area contributed by atoms with Crippen LogP contribution < -0.4 is 14.4 Å². The fraction of sp³-hybridized carbons (Fsp3) is 0.471. The maximum atomic E-state index is 13.2. The second-order valence-corrected chi connectivity index (χ2v) is 15.2. The normalized spacial score (nSPS) is 15.9. The number of sulfonamides is 1. The van der Waals surface area contributed by atoms with Crippen molar-refractivity contribution in [2.45, 2.75) is 72.5 Å². The van der Waals surface area contributed by atoms with Crippen LogP contribution in [0.3, 0.4) is 0 Å². The minimum atomic E-state index is -3.74. The second-order valence-electron chi connectivity index (χ2n) is 13.4. The van der Waals surface area contributed by atoms with Gasteiger partial charge in [0.1, 0.15) is 17.4 Å². The molecular weight excluding hydrogens is 597 g/mol. The number of ether oxygens (including phenoxy) is 2. The number of benzene rings is 2. The number of carbonyl (C=O) groups is 1. The fourth-order valence-corrected chi connectivity index (χ4v) is 5.94. The summed E-state index contributed by atoms with van der Waals surface area (Å²) in [4.78, 5) is 19.6. The molecule has 0 unspecified atom stereocenters. The summed E-state index contributed by atoms with van der Waals surface area (Å²) in [5, 5.41) is 10.4. The smallest absolute Gasteiger partial charge is 0.337 e. The number of piperidine rings is 1. The van der Waals surface area contributed by atoms with Crippen molar-refractivity contribution < 1.29 is 32.2 Å². The van der Waals surface area contributed by atoms with E-state index in [-0.39, 0.29) is 17.1 Å². The van der Waals surface area contributed by atoms with Gasteiger partial charge in [-0.25, -0.2) is 22.6 Å². The lowest BCUT2D eigenvalue weighted by Gasteiger charge is -2.41. The Morgan fingerprint density at radius 3 is 2.22 bits per heavy atom. The van der Waals surface area contributed by atoms with Crippen molar-refractivity contribution >= 4 is 27.5 Å². The zero-order valence-electron chi connectivity index (χ0n) is 27.1. The van der Waals surface area contributed by atoms with Crippen LogP contribution in [-0.4, -0.2) is 56.0 Å². The van der Waals surface area contributed by atoms with Gasteiger partial charge in [0.2, 0.25) is 10.0 Å². The van der Waals surface area contributed by atoms with Gasteiger partial charge < -0.3 is 19.5 Å². The Morgan fingerprint density at radius 1 is 1.09 bits per heavy atom. The Hall–Kier alpha value is -3.70. The highest BCUT2D eigenvalue weighted by atomic mass is 32.2. The summed E-state index contributed by atoms with van der Waals surface area (Å²) in [6, 6.07) is 13.5. The quantitative estimate of drug-likeness (QED) is 0.236. The number of nitrogens with one attached hydrogen (secondary N) is 1. The summed E-state index contributed by atoms with van der Waals surface area (Å²) >= 11 is 0. The van der Waals surface area contributed by atoms with Gasteiger partial charge in [0.15, 0.2) is 6.10 Å². The first-order chi connectivity index (χ1) is 20.9. The number of halogens is 1. The zero-order chi connectivity index (χ0) is 33.2. The molecule has 1 aliphatic rings. The van der Waals surface area contributed by atoms with E-state index in [0.29, 0.717) is 59.9 Å². The molecule has 9 nitrogen and oxygen atoms in total. The Bertz CT molecular complexity index is 1610. The summed E-state index contributed by atoms with van der Waals surface area (Å²) < 4.78 is 53.0. The fourth-order valence-electron chi connectivity index (χ4n) is 5.44. The predicted molar refractivity (Wildman–Crippen MR) is 175 cm³/mol. The Balaban J connectivity index is 1.83. The van der Waals surface area contributed by atoms with Crippen molar-refractivity contribution in [2.75, 3.05) is 35.6 Å². The van der Waals surface area contributed by atoms with Gasteiger partial charge in [0.25, 0.3) is 0 Å². The monoisotopic (exact) mass is 641 g/mol. The maximum Gasteiger partial charge on any atom is 0.337 e. The molecule has 2 heterocycles. The molecule has 1 fully saturated rings. The minimum Gasteiger partial charge on any atom is -0.493 e. The van der Waals surface area contributed by atoms with E-state index in [9.17, 15) is 22.7 Å². The lowest BCUT2D eigenvalue weighted by Crippen LogP contribution is -2.39. The largest absolute Gasteiger partial charge is 0.493 e. The SMILES string of the molecule is Cc1nc(NS(C)(=O)=O)c(-c2ccc(OCCc3ccc(F)cc3)cc2)c(N2CCC(C)(C)CC2)c1[C@H](OC(C)(C)C)C(=O)O. The van der Waals surface area contributed by atoms with E-state index in [2.05, 4.69) is 28.5 Å². The lowest BCUT2D eigenvalue weighted by atomic mass is 9.82. The molecular formula is C34H44FN3O6S. The maximum absolute atomic E-state index is 13.2. The van der Waals surface area contributed by atoms with Crippen molar-refractivity contribution in [1.29, 1.82) is 0 Å². The predicted octanol–water partition coefficient (Wildman–Crippen LogP) is 6.76. The molecule has 2 N–H and O–H groups in total. The van der Waals surface area contributed by atoms with Crippen molar-refractivity contribution in [3.05, 3.63) is 71.2 Å². The number of carboxylic acids is 1. The number of rotatable bonds is 11. The van der Waals surface area contributed by atoms with Gasteiger partial charge in [0, 0.05) is 36.3 Å². The van der Waals surface area contributed by atoms with Crippen molar-refractivity contribution in [3.63, 3.8) is 0 Å². The molecule has 2 aromatic carbocycles. The number of carboxylic acid groups (broad SMARTS) is 1. The van der Waals surface area contributed by atoms with Gasteiger partial charge in [-0.2, -0.15) is 0 Å². The lowest BCUT2D eigenvalue weighted by molar-refractivity contribution is -0.160. The number of aryl methyl sites for hydroxylation is 1. The highest BCUT2D eigenvalue weighted by Crippen LogP contribution is 2.46. The first-order valence-corrected chi connectivity index (χ1v) is 17.0. The summed E-state index contributed by atoms with van der Waals surface area (Å²) in [5.41, 5.74) is 2.73. The zero-order valence-corrected chi connectivity index (χ0v) is 27.9. The molecule has 45 heavy (non-hydrogen) atoms. The summed E-state index contributed by atoms with van der Waals surface area (Å²) in [6.45, 7) is 13.1. The van der Waals surface area contributed by atoms with Crippen LogP contribution >= 0.6 is 0 Å². The Kier molecular flexibility index (Phi) is 10.1. The molecule has 4 rings (SSSR count). The molecule has 0 saturated carbocycles. The van der Waals surface area contributed by atoms with Crippen LogP contribution in [0.2, 0.25) is 0 Å². The molecule has 3 aromatic rings. The topological polar surface area (TPSA) is 118 Å². The average molecular weight is 642 g/mol. The standard InChI is InChI=1S/C34H44FN3O6S/c1-22-27(30(32(39)40)44-33(2,3)4)29(38-19-17-34(5,6)18-20-38)28(31(36-22)37-45(7,41)42)24-10-14-26(15-11-24)43-21-16-23-8-12-25(35)13-9-23/h8-15,30H,16-21H2,1-7H3,(H,36,37)(H,39,40)/t30-/m0/s1. The van der Waals surface area contributed by atoms with E-state index in [4.69, 9.17) is 9.47 Å². The number of aliphatic carboxylic acids is 1. The summed E-state index contributed by atoms with van der Waals surface area (Å²) in [6.07, 6.45) is 2.03. The van der Waals surface area contributed by atoms with Crippen molar-refractivity contribution in [1.82, 2.24) is 4.98 Å². The van der Waals surface area contributed by atoms with E-state index < -0.39 is 27.7 Å². The van der Waals surface area contributed by atoms with Crippen molar-refractivity contribution in [3.8, 4) is 16.9 Å². The van der Waals surface area contributed by atoms with Gasteiger partial charge in [-0.3, -0.25) is 4.72 Å². The molecule has 1 atom stereocenters. The van der Waals surface area contributed by atoms with Crippen LogP contribution in [0.1, 0.15) is 70.4 Å². The molecule has 0 amide bonds. The number of hydrogen-bond donors (Lipinski definition) is 2. The van der Waals surface area contributed by atoms with Crippen LogP contribution in [0.25, 0.3) is 11.1 Å². The van der Waals surface area contributed by atoms with Gasteiger partial charge in [-0.1, -0.05) is 38.1 Å². The van der Waals surface area contributed by atoms with E-state index in [0.717, 1.165) is 24.7 Å². The van der Waals surface area contributed by atoms with Crippen LogP contribution in [0.15, 0.2) is 48.5 Å². The van der Waals surface area contributed by atoms with Crippen LogP contribution in [0.4, 0.5) is 15.9 Å². The molecule has 0 bridgehead atoms. The van der Waals surface area contributed by atoms with Gasteiger partial charge in [-0.05, 0) is 81.3 Å². The highest BCUT2D eigenvalue weighted by molar-refractivity contribution is 7.92. The second kappa shape index (κ2) is 13.3. The van der Waals surface area contributed by atoms with E-state index in [1.165, 1.54) is 12.1 Å². The molecule has 1 aliphatic heterocycles. The molecule has 1 aromatic heterocycles. The van der Waals surface area contributed by atoms with Gasteiger partial charge >= 0.3 is 5.97 Å². The van der Waals surface area contributed by atoms with Crippen molar-refractivity contribution in [2.24, 2.45) is 5.41 Å². The number of nitrogens with zero attached hydrogens (tertiary/aromatic N) is 2. The summed E-state index contributed by atoms with van der Waals surface area (Å²) in [5.74, 6) is -0.739. The Morgan fingerprint density at radius 2 is 1.69 bits per heavy atom. The molecule has 11 heteroatoms.